The largest absolute Gasteiger partial charge is 0.447 e. The monoisotopic (exact) mass is 482 g/mol. The Morgan fingerprint density at radius 3 is 2.69 bits per heavy atom. The summed E-state index contributed by atoms with van der Waals surface area (Å²) in [7, 11) is 0. The van der Waals surface area contributed by atoms with Gasteiger partial charge in [-0.25, -0.2) is 14.2 Å². The molecule has 2 aliphatic heterocycles. The fourth-order valence-electron chi connectivity index (χ4n) is 5.15. The zero-order chi connectivity index (χ0) is 24.8. The molecule has 3 aliphatic rings. The van der Waals surface area contributed by atoms with Crippen molar-refractivity contribution in [3.8, 4) is 0 Å². The average Bonchev–Trinajstić information content (AvgIpc) is 3.62. The molecular weight excluding hydrogens is 447 g/mol. The SMILES string of the molecule is C[C@H](Nc1nccc(N2C(=O)OC[C@]2(C)C2CC2)n1)c1ccc(CN2CCC(C)(N)CC2)c(F)c1. The van der Waals surface area contributed by atoms with E-state index < -0.39 is 0 Å². The van der Waals surface area contributed by atoms with Crippen molar-refractivity contribution in [1.29, 1.82) is 0 Å². The number of carbonyl (C=O) groups is 1. The quantitative estimate of drug-likeness (QED) is 0.610. The molecule has 1 aliphatic carbocycles. The van der Waals surface area contributed by atoms with Crippen molar-refractivity contribution >= 4 is 17.9 Å². The van der Waals surface area contributed by atoms with Crippen LogP contribution in [-0.4, -0.2) is 51.7 Å². The number of nitrogens with zero attached hydrogens (tertiary/aromatic N) is 4. The number of amides is 1. The first-order valence-electron chi connectivity index (χ1n) is 12.5. The molecule has 0 unspecified atom stereocenters. The van der Waals surface area contributed by atoms with Crippen LogP contribution in [0, 0.1) is 11.7 Å². The third kappa shape index (κ3) is 4.97. The number of benzene rings is 1. The number of halogens is 1. The van der Waals surface area contributed by atoms with Crippen molar-refractivity contribution in [1.82, 2.24) is 14.9 Å². The lowest BCUT2D eigenvalue weighted by Crippen LogP contribution is -2.47. The van der Waals surface area contributed by atoms with Gasteiger partial charge in [0.05, 0.1) is 11.6 Å². The Morgan fingerprint density at radius 2 is 2.00 bits per heavy atom. The van der Waals surface area contributed by atoms with Gasteiger partial charge in [-0.2, -0.15) is 4.98 Å². The van der Waals surface area contributed by atoms with Gasteiger partial charge in [-0.05, 0) is 70.1 Å². The minimum absolute atomic E-state index is 0.120. The van der Waals surface area contributed by atoms with E-state index in [0.29, 0.717) is 36.4 Å². The molecule has 1 aromatic heterocycles. The number of likely N-dealkylation sites (tertiary alicyclic amines) is 1. The molecule has 0 spiro atoms. The van der Waals surface area contributed by atoms with E-state index in [1.54, 1.807) is 23.2 Å². The molecule has 3 heterocycles. The van der Waals surface area contributed by atoms with Gasteiger partial charge >= 0.3 is 6.09 Å². The summed E-state index contributed by atoms with van der Waals surface area (Å²) in [5, 5.41) is 3.25. The maximum atomic E-state index is 15.0. The van der Waals surface area contributed by atoms with Crippen LogP contribution in [0.15, 0.2) is 30.5 Å². The van der Waals surface area contributed by atoms with Crippen molar-refractivity contribution in [2.45, 2.75) is 70.1 Å². The number of rotatable bonds is 7. The van der Waals surface area contributed by atoms with Gasteiger partial charge in [0.2, 0.25) is 5.95 Å². The fourth-order valence-corrected chi connectivity index (χ4v) is 5.15. The maximum absolute atomic E-state index is 15.0. The van der Waals surface area contributed by atoms with Gasteiger partial charge in [0.25, 0.3) is 0 Å². The van der Waals surface area contributed by atoms with Crippen LogP contribution in [-0.2, 0) is 11.3 Å². The second-order valence-electron chi connectivity index (χ2n) is 10.9. The van der Waals surface area contributed by atoms with Crippen LogP contribution in [0.1, 0.15) is 63.6 Å². The number of aromatic nitrogens is 2. The summed E-state index contributed by atoms with van der Waals surface area (Å²) in [5.74, 6) is 1.11. The predicted molar refractivity (Wildman–Crippen MR) is 133 cm³/mol. The van der Waals surface area contributed by atoms with E-state index in [-0.39, 0.29) is 29.0 Å². The van der Waals surface area contributed by atoms with Crippen LogP contribution < -0.4 is 16.0 Å². The van der Waals surface area contributed by atoms with Gasteiger partial charge in [0.1, 0.15) is 18.2 Å². The molecule has 3 fully saturated rings. The molecule has 9 heteroatoms. The standard InChI is InChI=1S/C26H35FN6O2/c1-17(18-4-5-19(21(27)14-18)15-32-12-9-25(2,28)10-13-32)30-23-29-11-8-22(31-23)33-24(34)35-16-26(33,3)20-6-7-20/h4-5,8,11,14,17,20H,6-7,9-10,12-13,15-16,28H2,1-3H3,(H,29,30,31)/t17-,26+/m0/s1. The normalized spacial score (nSPS) is 25.4. The van der Waals surface area contributed by atoms with E-state index in [1.807, 2.05) is 19.1 Å². The maximum Gasteiger partial charge on any atom is 0.416 e. The van der Waals surface area contributed by atoms with Crippen LogP contribution in [0.25, 0.3) is 0 Å². The van der Waals surface area contributed by atoms with Crippen molar-refractivity contribution in [2.75, 3.05) is 29.9 Å². The summed E-state index contributed by atoms with van der Waals surface area (Å²) < 4.78 is 20.3. The molecule has 1 aromatic carbocycles. The predicted octanol–water partition coefficient (Wildman–Crippen LogP) is 4.23. The highest BCUT2D eigenvalue weighted by molar-refractivity contribution is 5.90. The molecule has 0 radical (unpaired) electrons. The van der Waals surface area contributed by atoms with E-state index in [2.05, 4.69) is 34.0 Å². The third-order valence-corrected chi connectivity index (χ3v) is 7.82. The number of cyclic esters (lactones) is 1. The fraction of sp³-hybridized carbons (Fsp3) is 0.577. The number of nitrogens with two attached hydrogens (primary N) is 1. The molecule has 3 N–H and O–H groups in total. The smallest absolute Gasteiger partial charge is 0.416 e. The second kappa shape index (κ2) is 9.02. The van der Waals surface area contributed by atoms with Crippen LogP contribution in [0.2, 0.25) is 0 Å². The van der Waals surface area contributed by atoms with E-state index in [4.69, 9.17) is 10.5 Å². The van der Waals surface area contributed by atoms with Crippen LogP contribution in [0.3, 0.4) is 0 Å². The summed E-state index contributed by atoms with van der Waals surface area (Å²) in [6.07, 6.45) is 5.26. The number of ether oxygens (including phenoxy) is 1. The van der Waals surface area contributed by atoms with E-state index in [0.717, 1.165) is 44.3 Å². The topological polar surface area (TPSA) is 96.6 Å². The third-order valence-electron chi connectivity index (χ3n) is 7.82. The minimum Gasteiger partial charge on any atom is -0.447 e. The van der Waals surface area contributed by atoms with Gasteiger partial charge < -0.3 is 15.8 Å². The Hall–Kier alpha value is -2.78. The molecule has 1 saturated carbocycles. The lowest BCUT2D eigenvalue weighted by Gasteiger charge is -2.36. The number of nitrogens with one attached hydrogen (secondary N) is 1. The van der Waals surface area contributed by atoms with Gasteiger partial charge in [0.15, 0.2) is 0 Å². The first kappa shape index (κ1) is 23.9. The molecule has 1 amide bonds. The van der Waals surface area contributed by atoms with E-state index in [1.165, 1.54) is 0 Å². The zero-order valence-corrected chi connectivity index (χ0v) is 20.8. The van der Waals surface area contributed by atoms with Gasteiger partial charge in [-0.1, -0.05) is 12.1 Å². The summed E-state index contributed by atoms with van der Waals surface area (Å²) >= 11 is 0. The number of anilines is 2. The molecular formula is C26H35FN6O2. The number of carbonyl (C=O) groups excluding carboxylic acids is 1. The molecule has 188 valence electrons. The zero-order valence-electron chi connectivity index (χ0n) is 20.8. The molecule has 0 bridgehead atoms. The molecule has 5 rings (SSSR count). The Labute approximate surface area is 206 Å². The van der Waals surface area contributed by atoms with Crippen molar-refractivity contribution in [2.24, 2.45) is 11.7 Å². The number of piperidine rings is 1. The lowest BCUT2D eigenvalue weighted by atomic mass is 9.91. The van der Waals surface area contributed by atoms with Gasteiger partial charge in [-0.15, -0.1) is 0 Å². The number of hydrogen-bond acceptors (Lipinski definition) is 7. The molecule has 2 atom stereocenters. The Bertz CT molecular complexity index is 1100. The first-order valence-corrected chi connectivity index (χ1v) is 12.5. The lowest BCUT2D eigenvalue weighted by molar-refractivity contribution is 0.163. The highest BCUT2D eigenvalue weighted by Crippen LogP contribution is 2.47. The molecule has 35 heavy (non-hydrogen) atoms. The summed E-state index contributed by atoms with van der Waals surface area (Å²) in [6.45, 7) is 8.78. The summed E-state index contributed by atoms with van der Waals surface area (Å²) in [5.41, 5.74) is 7.20. The Kier molecular flexibility index (Phi) is 6.17. The average molecular weight is 483 g/mol. The second-order valence-corrected chi connectivity index (χ2v) is 10.9. The first-order chi connectivity index (χ1) is 16.6. The number of hydrogen-bond donors (Lipinski definition) is 2. The summed E-state index contributed by atoms with van der Waals surface area (Å²) in [4.78, 5) is 25.3. The van der Waals surface area contributed by atoms with Crippen LogP contribution in [0.5, 0.6) is 0 Å². The van der Waals surface area contributed by atoms with Gasteiger partial charge in [-0.3, -0.25) is 9.80 Å². The van der Waals surface area contributed by atoms with Crippen molar-refractivity contribution < 1.29 is 13.9 Å². The Morgan fingerprint density at radius 1 is 1.26 bits per heavy atom. The van der Waals surface area contributed by atoms with Crippen LogP contribution >= 0.6 is 0 Å². The molecule has 8 nitrogen and oxygen atoms in total. The summed E-state index contributed by atoms with van der Waals surface area (Å²) in [6, 6.07) is 6.89. The van der Waals surface area contributed by atoms with Crippen molar-refractivity contribution in [3.63, 3.8) is 0 Å². The molecule has 2 saturated heterocycles. The van der Waals surface area contributed by atoms with Gasteiger partial charge in [0, 0.05) is 36.9 Å². The minimum atomic E-state index is -0.385. The van der Waals surface area contributed by atoms with Crippen molar-refractivity contribution in [3.05, 3.63) is 47.4 Å². The van der Waals surface area contributed by atoms with Crippen LogP contribution in [0.4, 0.5) is 21.0 Å². The highest BCUT2D eigenvalue weighted by Gasteiger charge is 2.54. The highest BCUT2D eigenvalue weighted by atomic mass is 19.1. The van der Waals surface area contributed by atoms with E-state index in [9.17, 15) is 9.18 Å². The Balaban J connectivity index is 1.26. The molecule has 2 aromatic rings. The van der Waals surface area contributed by atoms with E-state index >= 15 is 0 Å².